The zero-order valence-electron chi connectivity index (χ0n) is 10.4. The predicted molar refractivity (Wildman–Crippen MR) is 67.1 cm³/mol. The number of nitro benzene ring substituents is 1. The van der Waals surface area contributed by atoms with Gasteiger partial charge in [0.25, 0.3) is 5.69 Å². The Hall–Kier alpha value is -2.64. The zero-order valence-corrected chi connectivity index (χ0v) is 10.4. The van der Waals surface area contributed by atoms with Crippen LogP contribution in [0.15, 0.2) is 24.4 Å². The molecule has 1 aromatic heterocycles. The van der Waals surface area contributed by atoms with Gasteiger partial charge in [0.2, 0.25) is 0 Å². The van der Waals surface area contributed by atoms with Crippen molar-refractivity contribution in [3.63, 3.8) is 0 Å². The lowest BCUT2D eigenvalue weighted by atomic mass is 10.2. The Balaban J connectivity index is 2.29. The molecule has 0 amide bonds. The molecule has 0 saturated heterocycles. The van der Waals surface area contributed by atoms with Crippen molar-refractivity contribution in [1.82, 2.24) is 9.97 Å². The molecule has 0 spiro atoms. The van der Waals surface area contributed by atoms with E-state index in [1.807, 2.05) is 0 Å². The molecule has 8 heteroatoms. The smallest absolute Gasteiger partial charge is 0.295 e. The Morgan fingerprint density at radius 3 is 2.75 bits per heavy atom. The number of aromatic nitrogens is 2. The molecule has 0 saturated carbocycles. The van der Waals surface area contributed by atoms with E-state index in [9.17, 15) is 18.9 Å². The van der Waals surface area contributed by atoms with Gasteiger partial charge >= 0.3 is 0 Å². The van der Waals surface area contributed by atoms with Gasteiger partial charge in [0.05, 0.1) is 17.2 Å². The molecule has 1 heterocycles. The molecule has 0 bridgehead atoms. The average molecular weight is 280 g/mol. The van der Waals surface area contributed by atoms with E-state index in [0.29, 0.717) is 17.6 Å². The zero-order chi connectivity index (χ0) is 14.7. The first-order valence-corrected chi connectivity index (χ1v) is 5.64. The van der Waals surface area contributed by atoms with Crippen LogP contribution in [0.4, 0.5) is 20.2 Å². The molecule has 20 heavy (non-hydrogen) atoms. The van der Waals surface area contributed by atoms with Crippen LogP contribution in [0.25, 0.3) is 0 Å². The number of nitro groups is 1. The fourth-order valence-corrected chi connectivity index (χ4v) is 1.64. The van der Waals surface area contributed by atoms with Crippen molar-refractivity contribution < 1.29 is 13.7 Å². The monoisotopic (exact) mass is 280 g/mol. The molecule has 2 aromatic rings. The van der Waals surface area contributed by atoms with Crippen molar-refractivity contribution >= 4 is 11.4 Å². The summed E-state index contributed by atoms with van der Waals surface area (Å²) in [5.41, 5.74) is -0.517. The van der Waals surface area contributed by atoms with Crippen LogP contribution in [0, 0.1) is 28.7 Å². The van der Waals surface area contributed by atoms with E-state index in [0.717, 1.165) is 6.07 Å². The summed E-state index contributed by atoms with van der Waals surface area (Å²) in [5.74, 6) is -1.93. The third-order valence-electron chi connectivity index (χ3n) is 2.55. The van der Waals surface area contributed by atoms with Crippen molar-refractivity contribution in [2.24, 2.45) is 0 Å². The van der Waals surface area contributed by atoms with Crippen LogP contribution in [0.1, 0.15) is 11.5 Å². The summed E-state index contributed by atoms with van der Waals surface area (Å²) in [4.78, 5) is 18.0. The van der Waals surface area contributed by atoms with Gasteiger partial charge in [-0.05, 0) is 19.1 Å². The fourth-order valence-electron chi connectivity index (χ4n) is 1.64. The second-order valence-electron chi connectivity index (χ2n) is 3.96. The standard InChI is InChI=1S/C12H10F2N4O2/c1-7-15-5-4-8(17-7)6-16-12-10(18(19)20)3-2-9(13)11(12)14/h2-5,16H,6H2,1H3. The highest BCUT2D eigenvalue weighted by Gasteiger charge is 2.21. The SMILES string of the molecule is Cc1nccc(CNc2c([N+](=O)[O-])ccc(F)c2F)n1. The van der Waals surface area contributed by atoms with Gasteiger partial charge in [0.15, 0.2) is 17.3 Å². The van der Waals surface area contributed by atoms with E-state index in [4.69, 9.17) is 0 Å². The summed E-state index contributed by atoms with van der Waals surface area (Å²) >= 11 is 0. The maximum Gasteiger partial charge on any atom is 0.295 e. The molecule has 1 N–H and O–H groups in total. The van der Waals surface area contributed by atoms with Crippen molar-refractivity contribution in [3.8, 4) is 0 Å². The van der Waals surface area contributed by atoms with Crippen molar-refractivity contribution in [1.29, 1.82) is 0 Å². The average Bonchev–Trinajstić information content (AvgIpc) is 2.40. The van der Waals surface area contributed by atoms with E-state index < -0.39 is 27.9 Å². The summed E-state index contributed by atoms with van der Waals surface area (Å²) in [5, 5.41) is 13.3. The highest BCUT2D eigenvalue weighted by atomic mass is 19.2. The number of anilines is 1. The van der Waals surface area contributed by atoms with Crippen molar-refractivity contribution in [2.45, 2.75) is 13.5 Å². The minimum Gasteiger partial charge on any atom is -0.371 e. The minimum atomic E-state index is -1.29. The van der Waals surface area contributed by atoms with Gasteiger partial charge in [-0.1, -0.05) is 0 Å². The second kappa shape index (κ2) is 5.55. The fraction of sp³-hybridized carbons (Fsp3) is 0.167. The molecule has 0 aliphatic rings. The van der Waals surface area contributed by atoms with Crippen LogP contribution in [0.5, 0.6) is 0 Å². The summed E-state index contributed by atoms with van der Waals surface area (Å²) in [6.07, 6.45) is 1.51. The Kier molecular flexibility index (Phi) is 3.83. The van der Waals surface area contributed by atoms with Crippen LogP contribution in [-0.4, -0.2) is 14.9 Å². The first kappa shape index (κ1) is 13.8. The van der Waals surface area contributed by atoms with E-state index >= 15 is 0 Å². The van der Waals surface area contributed by atoms with E-state index in [2.05, 4.69) is 15.3 Å². The first-order chi connectivity index (χ1) is 9.49. The number of nitrogens with zero attached hydrogens (tertiary/aromatic N) is 3. The second-order valence-corrected chi connectivity index (χ2v) is 3.96. The Morgan fingerprint density at radius 1 is 1.35 bits per heavy atom. The summed E-state index contributed by atoms with van der Waals surface area (Å²) in [7, 11) is 0. The number of benzene rings is 1. The first-order valence-electron chi connectivity index (χ1n) is 5.64. The Labute approximate surface area is 112 Å². The van der Waals surface area contributed by atoms with Crippen LogP contribution < -0.4 is 5.32 Å². The molecule has 0 atom stereocenters. The van der Waals surface area contributed by atoms with Gasteiger partial charge in [-0.15, -0.1) is 0 Å². The molecule has 2 rings (SSSR count). The third-order valence-corrected chi connectivity index (χ3v) is 2.55. The number of nitrogens with one attached hydrogen (secondary N) is 1. The largest absolute Gasteiger partial charge is 0.371 e. The molecule has 0 aliphatic carbocycles. The van der Waals surface area contributed by atoms with Crippen LogP contribution in [0.2, 0.25) is 0 Å². The molecular weight excluding hydrogens is 270 g/mol. The van der Waals surface area contributed by atoms with Gasteiger partial charge in [-0.25, -0.2) is 18.7 Å². The number of halogens is 2. The summed E-state index contributed by atoms with van der Waals surface area (Å²) < 4.78 is 26.8. The van der Waals surface area contributed by atoms with Crippen molar-refractivity contribution in [3.05, 3.63) is 57.7 Å². The number of hydrogen-bond donors (Lipinski definition) is 1. The Morgan fingerprint density at radius 2 is 2.10 bits per heavy atom. The molecule has 0 fully saturated rings. The quantitative estimate of drug-likeness (QED) is 0.687. The summed E-state index contributed by atoms with van der Waals surface area (Å²) in [6, 6.07) is 3.20. The maximum atomic E-state index is 13.6. The lowest BCUT2D eigenvalue weighted by Gasteiger charge is -2.08. The van der Waals surface area contributed by atoms with Gasteiger partial charge in [0.1, 0.15) is 5.82 Å². The van der Waals surface area contributed by atoms with Crippen molar-refractivity contribution in [2.75, 3.05) is 5.32 Å². The highest BCUT2D eigenvalue weighted by Crippen LogP contribution is 2.29. The summed E-state index contributed by atoms with van der Waals surface area (Å²) in [6.45, 7) is 1.69. The molecule has 0 radical (unpaired) electrons. The van der Waals surface area contributed by atoms with Gasteiger partial charge in [-0.3, -0.25) is 10.1 Å². The minimum absolute atomic E-state index is 0.0184. The van der Waals surface area contributed by atoms with Gasteiger partial charge in [-0.2, -0.15) is 0 Å². The molecule has 0 aliphatic heterocycles. The predicted octanol–water partition coefficient (Wildman–Crippen LogP) is 2.58. The van der Waals surface area contributed by atoms with Gasteiger partial charge < -0.3 is 5.32 Å². The lowest BCUT2D eigenvalue weighted by molar-refractivity contribution is -0.384. The normalized spacial score (nSPS) is 10.3. The topological polar surface area (TPSA) is 81.0 Å². The molecule has 0 unspecified atom stereocenters. The van der Waals surface area contributed by atoms with E-state index in [1.54, 1.807) is 13.0 Å². The lowest BCUT2D eigenvalue weighted by Crippen LogP contribution is -2.08. The number of aryl methyl sites for hydroxylation is 1. The molecule has 6 nitrogen and oxygen atoms in total. The molecule has 1 aromatic carbocycles. The van der Waals surface area contributed by atoms with E-state index in [-0.39, 0.29) is 6.54 Å². The molecule has 104 valence electrons. The maximum absolute atomic E-state index is 13.6. The van der Waals surface area contributed by atoms with Crippen LogP contribution in [0.3, 0.4) is 0 Å². The third kappa shape index (κ3) is 2.85. The van der Waals surface area contributed by atoms with E-state index in [1.165, 1.54) is 6.20 Å². The Bertz CT molecular complexity index is 664. The van der Waals surface area contributed by atoms with Crippen LogP contribution >= 0.6 is 0 Å². The number of hydrogen-bond acceptors (Lipinski definition) is 5. The number of rotatable bonds is 4. The highest BCUT2D eigenvalue weighted by molar-refractivity contribution is 5.62. The van der Waals surface area contributed by atoms with Gasteiger partial charge in [0, 0.05) is 12.3 Å². The molecular formula is C12H10F2N4O2. The van der Waals surface area contributed by atoms with Crippen LogP contribution in [-0.2, 0) is 6.54 Å².